The second-order valence-corrected chi connectivity index (χ2v) is 6.29. The Hall–Kier alpha value is -2.28. The number of hydrogen-bond donors (Lipinski definition) is 1. The average molecular weight is 333 g/mol. The lowest BCUT2D eigenvalue weighted by molar-refractivity contribution is -0.131. The molecule has 2 heterocycles. The van der Waals surface area contributed by atoms with Gasteiger partial charge in [-0.1, -0.05) is 17.3 Å². The van der Waals surface area contributed by atoms with Crippen LogP contribution in [0.15, 0.2) is 41.0 Å². The highest BCUT2D eigenvalue weighted by Crippen LogP contribution is 2.18. The molecule has 1 amide bonds. The number of thiazole rings is 1. The van der Waals surface area contributed by atoms with Gasteiger partial charge >= 0.3 is 0 Å². The maximum Gasteiger partial charge on any atom is 0.264 e. The number of nitrogens with zero attached hydrogens (tertiary/aromatic N) is 2. The van der Waals surface area contributed by atoms with Crippen molar-refractivity contribution in [2.24, 2.45) is 5.16 Å². The van der Waals surface area contributed by atoms with Crippen molar-refractivity contribution >= 4 is 23.0 Å². The molecule has 1 N–H and O–H groups in total. The third-order valence-electron chi connectivity index (χ3n) is 3.50. The number of halogens is 1. The number of carbonyl (C=O) groups excluding carboxylic acids is 1. The summed E-state index contributed by atoms with van der Waals surface area (Å²) in [6.07, 6.45) is 1.95. The minimum Gasteiger partial charge on any atom is -0.382 e. The zero-order valence-electron chi connectivity index (χ0n) is 12.5. The van der Waals surface area contributed by atoms with Gasteiger partial charge in [-0.3, -0.25) is 4.79 Å². The molecule has 0 spiro atoms. The number of rotatable bonds is 5. The van der Waals surface area contributed by atoms with Crippen LogP contribution in [0.4, 0.5) is 4.39 Å². The van der Waals surface area contributed by atoms with Gasteiger partial charge in [0.15, 0.2) is 0 Å². The van der Waals surface area contributed by atoms with Crippen molar-refractivity contribution in [1.82, 2.24) is 10.3 Å². The van der Waals surface area contributed by atoms with Crippen molar-refractivity contribution in [3.63, 3.8) is 0 Å². The standard InChI is InChI=1S/C16H16FN3O2S/c1-10(16-18-5-6-23-16)19-15(21)14-9-13(20-22-14)8-11-3-2-4-12(17)7-11/h2-7,10,14H,8-9H2,1H3,(H,19,21). The Kier molecular flexibility index (Phi) is 4.66. The lowest BCUT2D eigenvalue weighted by Gasteiger charge is -2.14. The van der Waals surface area contributed by atoms with E-state index >= 15 is 0 Å². The van der Waals surface area contributed by atoms with Crippen LogP contribution in [0.2, 0.25) is 0 Å². The summed E-state index contributed by atoms with van der Waals surface area (Å²) in [5.41, 5.74) is 1.54. The lowest BCUT2D eigenvalue weighted by atomic mass is 10.0. The van der Waals surface area contributed by atoms with Crippen molar-refractivity contribution in [1.29, 1.82) is 0 Å². The van der Waals surface area contributed by atoms with Crippen molar-refractivity contribution in [2.45, 2.75) is 31.9 Å². The van der Waals surface area contributed by atoms with E-state index in [9.17, 15) is 9.18 Å². The zero-order valence-corrected chi connectivity index (χ0v) is 13.3. The molecule has 2 aromatic rings. The van der Waals surface area contributed by atoms with Crippen LogP contribution in [0, 0.1) is 5.82 Å². The van der Waals surface area contributed by atoms with Crippen LogP contribution in [0.25, 0.3) is 0 Å². The molecule has 7 heteroatoms. The Labute approximate surface area is 137 Å². The van der Waals surface area contributed by atoms with Crippen LogP contribution in [0.5, 0.6) is 0 Å². The molecule has 5 nitrogen and oxygen atoms in total. The number of aromatic nitrogens is 1. The fraction of sp³-hybridized carbons (Fsp3) is 0.312. The summed E-state index contributed by atoms with van der Waals surface area (Å²) < 4.78 is 13.2. The van der Waals surface area contributed by atoms with Crippen molar-refractivity contribution < 1.29 is 14.0 Å². The number of nitrogens with one attached hydrogen (secondary N) is 1. The van der Waals surface area contributed by atoms with Gasteiger partial charge < -0.3 is 10.2 Å². The van der Waals surface area contributed by atoms with E-state index in [2.05, 4.69) is 15.5 Å². The number of benzene rings is 1. The normalized spacial score (nSPS) is 18.2. The maximum absolute atomic E-state index is 13.2. The van der Waals surface area contributed by atoms with Gasteiger partial charge in [0.25, 0.3) is 5.91 Å². The van der Waals surface area contributed by atoms with Gasteiger partial charge in [-0.25, -0.2) is 9.37 Å². The van der Waals surface area contributed by atoms with Gasteiger partial charge in [0, 0.05) is 24.4 Å². The first kappa shape index (κ1) is 15.6. The summed E-state index contributed by atoms with van der Waals surface area (Å²) >= 11 is 1.49. The molecular weight excluding hydrogens is 317 g/mol. The third-order valence-corrected chi connectivity index (χ3v) is 4.46. The predicted octanol–water partition coefficient (Wildman–Crippen LogP) is 2.85. The van der Waals surface area contributed by atoms with Crippen molar-refractivity contribution in [2.75, 3.05) is 0 Å². The highest BCUT2D eigenvalue weighted by Gasteiger charge is 2.29. The first-order chi connectivity index (χ1) is 11.1. The Morgan fingerprint density at radius 2 is 2.43 bits per heavy atom. The van der Waals surface area contributed by atoms with Gasteiger partial charge in [-0.05, 0) is 24.6 Å². The van der Waals surface area contributed by atoms with Crippen LogP contribution in [-0.2, 0) is 16.1 Å². The Bertz CT molecular complexity index is 718. The van der Waals surface area contributed by atoms with Gasteiger partial charge in [-0.15, -0.1) is 11.3 Å². The Balaban J connectivity index is 1.53. The molecule has 1 aromatic carbocycles. The topological polar surface area (TPSA) is 63.6 Å². The van der Waals surface area contributed by atoms with Crippen molar-refractivity contribution in [3.8, 4) is 0 Å². The number of amides is 1. The smallest absolute Gasteiger partial charge is 0.264 e. The second-order valence-electron chi connectivity index (χ2n) is 5.36. The van der Waals surface area contributed by atoms with Gasteiger partial charge in [0.05, 0.1) is 11.8 Å². The summed E-state index contributed by atoms with van der Waals surface area (Å²) in [6, 6.07) is 6.16. The molecule has 2 unspecified atom stereocenters. The summed E-state index contributed by atoms with van der Waals surface area (Å²) in [7, 11) is 0. The molecule has 0 saturated heterocycles. The predicted molar refractivity (Wildman–Crippen MR) is 85.7 cm³/mol. The average Bonchev–Trinajstić information content (AvgIpc) is 3.18. The molecule has 1 aromatic heterocycles. The highest BCUT2D eigenvalue weighted by molar-refractivity contribution is 7.09. The van der Waals surface area contributed by atoms with E-state index in [-0.39, 0.29) is 17.8 Å². The molecule has 0 fully saturated rings. The van der Waals surface area contributed by atoms with Gasteiger partial charge in [0.1, 0.15) is 10.8 Å². The zero-order chi connectivity index (χ0) is 16.2. The van der Waals surface area contributed by atoms with Crippen LogP contribution >= 0.6 is 11.3 Å². The summed E-state index contributed by atoms with van der Waals surface area (Å²) in [5.74, 6) is -0.501. The first-order valence-corrected chi connectivity index (χ1v) is 8.15. The monoisotopic (exact) mass is 333 g/mol. The van der Waals surface area contributed by atoms with E-state index in [0.717, 1.165) is 16.3 Å². The molecule has 0 saturated carbocycles. The van der Waals surface area contributed by atoms with E-state index in [1.165, 1.54) is 23.5 Å². The van der Waals surface area contributed by atoms with Crippen molar-refractivity contribution in [3.05, 3.63) is 52.2 Å². The Morgan fingerprint density at radius 3 is 3.17 bits per heavy atom. The lowest BCUT2D eigenvalue weighted by Crippen LogP contribution is -2.36. The molecular formula is C16H16FN3O2S. The number of carbonyl (C=O) groups is 1. The molecule has 23 heavy (non-hydrogen) atoms. The van der Waals surface area contributed by atoms with Crippen LogP contribution < -0.4 is 5.32 Å². The van der Waals surface area contributed by atoms with Crippen LogP contribution in [0.1, 0.15) is 30.0 Å². The number of hydrogen-bond acceptors (Lipinski definition) is 5. The molecule has 0 radical (unpaired) electrons. The fourth-order valence-electron chi connectivity index (χ4n) is 2.37. The highest BCUT2D eigenvalue weighted by atomic mass is 32.1. The van der Waals surface area contributed by atoms with E-state index in [4.69, 9.17) is 4.84 Å². The first-order valence-electron chi connectivity index (χ1n) is 7.27. The summed E-state index contributed by atoms with van der Waals surface area (Å²) in [4.78, 5) is 21.6. The van der Waals surface area contributed by atoms with Crippen LogP contribution in [0.3, 0.4) is 0 Å². The van der Waals surface area contributed by atoms with Gasteiger partial charge in [-0.2, -0.15) is 0 Å². The minimum atomic E-state index is -0.638. The second kappa shape index (κ2) is 6.87. The molecule has 0 aliphatic carbocycles. The SMILES string of the molecule is CC(NC(=O)C1CC(Cc2cccc(F)c2)=NO1)c1nccs1. The molecule has 3 rings (SSSR count). The molecule has 0 bridgehead atoms. The Morgan fingerprint density at radius 1 is 1.57 bits per heavy atom. The molecule has 120 valence electrons. The van der Waals surface area contributed by atoms with E-state index < -0.39 is 6.10 Å². The summed E-state index contributed by atoms with van der Waals surface area (Å²) in [5, 5.41) is 9.53. The van der Waals surface area contributed by atoms with E-state index in [0.29, 0.717) is 12.8 Å². The minimum absolute atomic E-state index is 0.168. The van der Waals surface area contributed by atoms with E-state index in [1.54, 1.807) is 12.3 Å². The van der Waals surface area contributed by atoms with Crippen LogP contribution in [-0.4, -0.2) is 22.7 Å². The molecule has 1 aliphatic rings. The molecule has 2 atom stereocenters. The summed E-state index contributed by atoms with van der Waals surface area (Å²) in [6.45, 7) is 1.88. The van der Waals surface area contributed by atoms with Gasteiger partial charge in [0.2, 0.25) is 6.10 Å². The largest absolute Gasteiger partial charge is 0.382 e. The molecule has 1 aliphatic heterocycles. The fourth-order valence-corrected chi connectivity index (χ4v) is 3.02. The van der Waals surface area contributed by atoms with E-state index in [1.807, 2.05) is 18.4 Å². The number of oxime groups is 1. The quantitative estimate of drug-likeness (QED) is 0.915. The maximum atomic E-state index is 13.2. The third kappa shape index (κ3) is 3.92.